The van der Waals surface area contributed by atoms with E-state index in [0.29, 0.717) is 5.92 Å². The van der Waals surface area contributed by atoms with Crippen LogP contribution in [0.4, 0.5) is 0 Å². The summed E-state index contributed by atoms with van der Waals surface area (Å²) in [6.07, 6.45) is 12.1. The molecule has 1 atom stereocenters. The first-order valence-electron chi connectivity index (χ1n) is 9.02. The maximum absolute atomic E-state index is 11.9. The molecule has 0 unspecified atom stereocenters. The second kappa shape index (κ2) is 7.12. The number of hydrogen-bond donors (Lipinski definition) is 1. The molecule has 5 nitrogen and oxygen atoms in total. The molecule has 0 aliphatic carbocycles. The first kappa shape index (κ1) is 16.5. The molecule has 1 amide bonds. The molecule has 0 spiro atoms. The average Bonchev–Trinajstić information content (AvgIpc) is 3.11. The minimum Gasteiger partial charge on any atom is -0.346 e. The van der Waals surface area contributed by atoms with E-state index in [2.05, 4.69) is 27.6 Å². The van der Waals surface area contributed by atoms with Crippen LogP contribution in [0.1, 0.15) is 18.4 Å². The van der Waals surface area contributed by atoms with Crippen molar-refractivity contribution >= 4 is 16.9 Å². The number of pyridine rings is 2. The van der Waals surface area contributed by atoms with Crippen LogP contribution in [0, 0.1) is 5.92 Å². The van der Waals surface area contributed by atoms with E-state index in [4.69, 9.17) is 0 Å². The maximum Gasteiger partial charge on any atom is 0.245 e. The van der Waals surface area contributed by atoms with Crippen molar-refractivity contribution in [1.29, 1.82) is 0 Å². The van der Waals surface area contributed by atoms with Gasteiger partial charge in [-0.05, 0) is 60.6 Å². The molecule has 1 N–H and O–H groups in total. The highest BCUT2D eigenvalue weighted by atomic mass is 16.2. The van der Waals surface area contributed by atoms with E-state index in [0.717, 1.165) is 54.5 Å². The quantitative estimate of drug-likeness (QED) is 0.734. The number of rotatable bonds is 4. The number of amides is 1. The summed E-state index contributed by atoms with van der Waals surface area (Å²) >= 11 is 0. The fourth-order valence-electron chi connectivity index (χ4n) is 3.82. The van der Waals surface area contributed by atoms with E-state index in [1.807, 2.05) is 29.4 Å². The molecule has 0 saturated carbocycles. The number of carbonyl (C=O) groups is 1. The van der Waals surface area contributed by atoms with E-state index in [-0.39, 0.29) is 5.91 Å². The zero-order chi connectivity index (χ0) is 17.9. The molecule has 132 valence electrons. The van der Waals surface area contributed by atoms with Crippen LogP contribution in [0.25, 0.3) is 22.2 Å². The number of aromatic amines is 1. The zero-order valence-corrected chi connectivity index (χ0v) is 14.7. The molecule has 1 saturated heterocycles. The Balaban J connectivity index is 1.58. The van der Waals surface area contributed by atoms with E-state index in [9.17, 15) is 4.79 Å². The van der Waals surface area contributed by atoms with E-state index < -0.39 is 0 Å². The lowest BCUT2D eigenvalue weighted by atomic mass is 9.91. The number of hydrogen-bond acceptors (Lipinski definition) is 3. The van der Waals surface area contributed by atoms with Crippen LogP contribution in [-0.2, 0) is 11.2 Å². The highest BCUT2D eigenvalue weighted by molar-refractivity contribution is 5.93. The summed E-state index contributed by atoms with van der Waals surface area (Å²) in [5.74, 6) is 0.504. The molecule has 26 heavy (non-hydrogen) atoms. The summed E-state index contributed by atoms with van der Waals surface area (Å²) in [6.45, 7) is 5.24. The van der Waals surface area contributed by atoms with Crippen LogP contribution < -0.4 is 0 Å². The Morgan fingerprint density at radius 3 is 3.04 bits per heavy atom. The third-order valence-corrected chi connectivity index (χ3v) is 5.11. The van der Waals surface area contributed by atoms with E-state index in [1.54, 1.807) is 12.4 Å². The lowest BCUT2D eigenvalue weighted by molar-refractivity contribution is -0.127. The van der Waals surface area contributed by atoms with Gasteiger partial charge in [0.25, 0.3) is 0 Å². The lowest BCUT2D eigenvalue weighted by Crippen LogP contribution is -2.39. The largest absolute Gasteiger partial charge is 0.346 e. The van der Waals surface area contributed by atoms with Gasteiger partial charge in [0, 0.05) is 48.8 Å². The normalized spacial score (nSPS) is 17.4. The van der Waals surface area contributed by atoms with Crippen molar-refractivity contribution in [3.05, 3.63) is 61.2 Å². The topological polar surface area (TPSA) is 61.9 Å². The molecular weight excluding hydrogens is 324 g/mol. The van der Waals surface area contributed by atoms with Crippen LogP contribution in [-0.4, -0.2) is 38.8 Å². The number of H-pyrrole nitrogens is 1. The summed E-state index contributed by atoms with van der Waals surface area (Å²) in [6, 6.07) is 6.24. The summed E-state index contributed by atoms with van der Waals surface area (Å²) < 4.78 is 0. The Kier molecular flexibility index (Phi) is 4.52. The van der Waals surface area contributed by atoms with Crippen molar-refractivity contribution in [3.63, 3.8) is 0 Å². The maximum atomic E-state index is 11.9. The number of piperidine rings is 1. The van der Waals surface area contributed by atoms with Gasteiger partial charge in [-0.3, -0.25) is 9.78 Å². The fourth-order valence-corrected chi connectivity index (χ4v) is 3.82. The summed E-state index contributed by atoms with van der Waals surface area (Å²) in [5, 5.41) is 1.13. The van der Waals surface area contributed by atoms with Gasteiger partial charge in [0.1, 0.15) is 5.65 Å². The van der Waals surface area contributed by atoms with E-state index >= 15 is 0 Å². The van der Waals surface area contributed by atoms with Gasteiger partial charge in [-0.25, -0.2) is 4.98 Å². The fraction of sp³-hybridized carbons (Fsp3) is 0.286. The molecule has 4 rings (SSSR count). The predicted octanol–water partition coefficient (Wildman–Crippen LogP) is 3.59. The van der Waals surface area contributed by atoms with Gasteiger partial charge in [0.15, 0.2) is 0 Å². The van der Waals surface area contributed by atoms with Gasteiger partial charge in [0.05, 0.1) is 0 Å². The highest BCUT2D eigenvalue weighted by Crippen LogP contribution is 2.29. The van der Waals surface area contributed by atoms with Gasteiger partial charge in [0.2, 0.25) is 5.91 Å². The minimum absolute atomic E-state index is 0.0360. The molecule has 5 heteroatoms. The second-order valence-electron chi connectivity index (χ2n) is 6.88. The standard InChI is InChI=1S/C21H22N4O/c1-2-20(26)25-9-3-4-15(14-25)10-16-11-18-19(13-24-21(18)23-12-16)17-5-7-22-8-6-17/h2,5-8,11-13,15H,1,3-4,9-10,14H2,(H,23,24)/t15-/m0/s1. The van der Waals surface area contributed by atoms with Gasteiger partial charge < -0.3 is 9.88 Å². The monoisotopic (exact) mass is 346 g/mol. The molecule has 3 aromatic rings. The Morgan fingerprint density at radius 2 is 2.23 bits per heavy atom. The third-order valence-electron chi connectivity index (χ3n) is 5.11. The lowest BCUT2D eigenvalue weighted by Gasteiger charge is -2.32. The Hall–Kier alpha value is -2.95. The van der Waals surface area contributed by atoms with Gasteiger partial charge in [-0.1, -0.05) is 6.58 Å². The van der Waals surface area contributed by atoms with Crippen molar-refractivity contribution in [2.75, 3.05) is 13.1 Å². The van der Waals surface area contributed by atoms with Crippen molar-refractivity contribution in [2.45, 2.75) is 19.3 Å². The average molecular weight is 346 g/mol. The minimum atomic E-state index is 0.0360. The molecule has 3 aromatic heterocycles. The van der Waals surface area contributed by atoms with Gasteiger partial charge in [-0.15, -0.1) is 0 Å². The summed E-state index contributed by atoms with van der Waals surface area (Å²) in [7, 11) is 0. The SMILES string of the molecule is C=CC(=O)N1CCC[C@@H](Cc2cnc3[nH]cc(-c4ccncc4)c3c2)C1. The van der Waals surface area contributed by atoms with Crippen LogP contribution in [0.2, 0.25) is 0 Å². The molecule has 0 radical (unpaired) electrons. The molecule has 0 bridgehead atoms. The number of carbonyl (C=O) groups excluding carboxylic acids is 1. The predicted molar refractivity (Wildman–Crippen MR) is 103 cm³/mol. The molecule has 1 fully saturated rings. The Labute approximate surface area is 152 Å². The third kappa shape index (κ3) is 3.25. The summed E-state index contributed by atoms with van der Waals surface area (Å²) in [5.41, 5.74) is 4.38. The number of aromatic nitrogens is 3. The number of fused-ring (bicyclic) bond motifs is 1. The van der Waals surface area contributed by atoms with Crippen LogP contribution >= 0.6 is 0 Å². The van der Waals surface area contributed by atoms with Crippen LogP contribution in [0.5, 0.6) is 0 Å². The first-order valence-corrected chi connectivity index (χ1v) is 9.02. The Bertz CT molecular complexity index is 932. The van der Waals surface area contributed by atoms with Crippen molar-refractivity contribution in [1.82, 2.24) is 19.9 Å². The number of likely N-dealkylation sites (tertiary alicyclic amines) is 1. The van der Waals surface area contributed by atoms with E-state index in [1.165, 1.54) is 11.6 Å². The van der Waals surface area contributed by atoms with Gasteiger partial charge in [-0.2, -0.15) is 0 Å². The Morgan fingerprint density at radius 1 is 1.38 bits per heavy atom. The number of nitrogens with zero attached hydrogens (tertiary/aromatic N) is 3. The first-order chi connectivity index (χ1) is 12.7. The molecule has 0 aromatic carbocycles. The van der Waals surface area contributed by atoms with Crippen molar-refractivity contribution in [2.24, 2.45) is 5.92 Å². The second-order valence-corrected chi connectivity index (χ2v) is 6.88. The van der Waals surface area contributed by atoms with Gasteiger partial charge >= 0.3 is 0 Å². The molecule has 1 aliphatic rings. The van der Waals surface area contributed by atoms with Crippen molar-refractivity contribution < 1.29 is 4.79 Å². The van der Waals surface area contributed by atoms with Crippen molar-refractivity contribution in [3.8, 4) is 11.1 Å². The summed E-state index contributed by atoms with van der Waals surface area (Å²) in [4.78, 5) is 25.7. The molecular formula is C21H22N4O. The number of nitrogens with one attached hydrogen (secondary N) is 1. The van der Waals surface area contributed by atoms with Crippen LogP contribution in [0.15, 0.2) is 55.6 Å². The zero-order valence-electron chi connectivity index (χ0n) is 14.7. The molecule has 1 aliphatic heterocycles. The molecule has 4 heterocycles. The van der Waals surface area contributed by atoms with Crippen LogP contribution in [0.3, 0.4) is 0 Å². The highest BCUT2D eigenvalue weighted by Gasteiger charge is 2.22. The smallest absolute Gasteiger partial charge is 0.245 e.